The van der Waals surface area contributed by atoms with Crippen LogP contribution in [0.1, 0.15) is 10.4 Å². The molecule has 2 N–H and O–H groups in total. The second-order valence-electron chi connectivity index (χ2n) is 4.50. The van der Waals surface area contributed by atoms with E-state index in [2.05, 4.69) is 10.2 Å². The fourth-order valence-electron chi connectivity index (χ4n) is 2.11. The van der Waals surface area contributed by atoms with Crippen LogP contribution >= 0.6 is 0 Å². The van der Waals surface area contributed by atoms with Gasteiger partial charge in [0.2, 0.25) is 0 Å². The van der Waals surface area contributed by atoms with Gasteiger partial charge in [-0.15, -0.1) is 0 Å². The number of β-amino-alcohol motifs (C(OH)–C–C–N with tert-alkyl or cyclic N) is 1. The summed E-state index contributed by atoms with van der Waals surface area (Å²) < 4.78 is 13.7. The van der Waals surface area contributed by atoms with Crippen LogP contribution in [0.4, 0.5) is 4.39 Å². The van der Waals surface area contributed by atoms with Gasteiger partial charge in [0.25, 0.3) is 5.91 Å². The van der Waals surface area contributed by atoms with Gasteiger partial charge in [0.1, 0.15) is 5.82 Å². The fourth-order valence-corrected chi connectivity index (χ4v) is 2.11. The molecule has 2 heterocycles. The number of rotatable bonds is 2. The zero-order valence-corrected chi connectivity index (χ0v) is 10.0. The first-order chi connectivity index (χ1) is 9.16. The standard InChI is InChI=1S/C13H12FN3O2/c14-11-4-2-1-3-9(11)12-10(5-15-16-12)13(19)17-6-8(18)7-17/h1-5,8,18H,6-7H2,(H,15,16). The van der Waals surface area contributed by atoms with E-state index in [1.165, 1.54) is 17.2 Å². The van der Waals surface area contributed by atoms with Crippen LogP contribution in [0.2, 0.25) is 0 Å². The highest BCUT2D eigenvalue weighted by atomic mass is 19.1. The summed E-state index contributed by atoms with van der Waals surface area (Å²) in [6.45, 7) is 0.613. The zero-order valence-electron chi connectivity index (χ0n) is 10.0. The number of aliphatic hydroxyl groups excluding tert-OH is 1. The average Bonchev–Trinajstić information content (AvgIpc) is 2.84. The maximum atomic E-state index is 13.7. The minimum Gasteiger partial charge on any atom is -0.389 e. The van der Waals surface area contributed by atoms with Crippen LogP contribution in [-0.4, -0.2) is 45.3 Å². The van der Waals surface area contributed by atoms with Crippen molar-refractivity contribution in [2.75, 3.05) is 13.1 Å². The van der Waals surface area contributed by atoms with E-state index in [9.17, 15) is 14.3 Å². The summed E-state index contributed by atoms with van der Waals surface area (Å²) in [6, 6.07) is 6.20. The van der Waals surface area contributed by atoms with Crippen molar-refractivity contribution in [3.8, 4) is 11.3 Å². The number of H-pyrrole nitrogens is 1. The van der Waals surface area contributed by atoms with E-state index < -0.39 is 11.9 Å². The Morgan fingerprint density at radius 3 is 2.84 bits per heavy atom. The Morgan fingerprint density at radius 2 is 2.16 bits per heavy atom. The number of hydrogen-bond acceptors (Lipinski definition) is 3. The Kier molecular flexibility index (Phi) is 2.79. The number of likely N-dealkylation sites (tertiary alicyclic amines) is 1. The van der Waals surface area contributed by atoms with Gasteiger partial charge >= 0.3 is 0 Å². The average molecular weight is 261 g/mol. The fraction of sp³-hybridized carbons (Fsp3) is 0.231. The van der Waals surface area contributed by atoms with E-state index in [0.29, 0.717) is 29.9 Å². The van der Waals surface area contributed by atoms with Crippen molar-refractivity contribution in [2.45, 2.75) is 6.10 Å². The Balaban J connectivity index is 1.95. The molecule has 0 atom stereocenters. The highest BCUT2D eigenvalue weighted by Gasteiger charge is 2.31. The molecule has 2 aromatic rings. The van der Waals surface area contributed by atoms with Crippen LogP contribution in [-0.2, 0) is 0 Å². The Hall–Kier alpha value is -2.21. The topological polar surface area (TPSA) is 69.2 Å². The third-order valence-electron chi connectivity index (χ3n) is 3.16. The summed E-state index contributed by atoms with van der Waals surface area (Å²) in [5.41, 5.74) is 0.992. The lowest BCUT2D eigenvalue weighted by atomic mass is 10.0. The number of amides is 1. The lowest BCUT2D eigenvalue weighted by Gasteiger charge is -2.35. The van der Waals surface area contributed by atoms with E-state index in [0.717, 1.165) is 0 Å². The number of carbonyl (C=O) groups is 1. The predicted molar refractivity (Wildman–Crippen MR) is 65.9 cm³/mol. The first kappa shape index (κ1) is 11.9. The van der Waals surface area contributed by atoms with Crippen LogP contribution in [0.5, 0.6) is 0 Å². The predicted octanol–water partition coefficient (Wildman–Crippen LogP) is 1.03. The lowest BCUT2D eigenvalue weighted by Crippen LogP contribution is -2.53. The first-order valence-corrected chi connectivity index (χ1v) is 5.92. The molecule has 1 amide bonds. The lowest BCUT2D eigenvalue weighted by molar-refractivity contribution is 0.00595. The maximum absolute atomic E-state index is 13.7. The Labute approximate surface area is 108 Å². The summed E-state index contributed by atoms with van der Waals surface area (Å²) >= 11 is 0. The number of aromatic amines is 1. The molecule has 3 rings (SSSR count). The van der Waals surface area contributed by atoms with Crippen LogP contribution in [0.15, 0.2) is 30.5 Å². The van der Waals surface area contributed by atoms with Gasteiger partial charge in [0.05, 0.1) is 23.6 Å². The van der Waals surface area contributed by atoms with Crippen molar-refractivity contribution >= 4 is 5.91 Å². The van der Waals surface area contributed by atoms with Gasteiger partial charge in [-0.2, -0.15) is 5.10 Å². The molecule has 1 aromatic heterocycles. The minimum atomic E-state index is -0.465. The van der Waals surface area contributed by atoms with Crippen LogP contribution in [0, 0.1) is 5.82 Å². The molecule has 0 radical (unpaired) electrons. The molecule has 1 aliphatic rings. The van der Waals surface area contributed by atoms with Crippen molar-refractivity contribution in [2.24, 2.45) is 0 Å². The molecule has 1 fully saturated rings. The van der Waals surface area contributed by atoms with Gasteiger partial charge in [-0.25, -0.2) is 4.39 Å². The molecule has 0 bridgehead atoms. The number of benzene rings is 1. The van der Waals surface area contributed by atoms with Crippen molar-refractivity contribution in [1.29, 1.82) is 0 Å². The monoisotopic (exact) mass is 261 g/mol. The first-order valence-electron chi connectivity index (χ1n) is 5.92. The van der Waals surface area contributed by atoms with Gasteiger partial charge in [-0.05, 0) is 12.1 Å². The highest BCUT2D eigenvalue weighted by molar-refractivity contribution is 6.00. The number of nitrogens with zero attached hydrogens (tertiary/aromatic N) is 2. The Morgan fingerprint density at radius 1 is 1.42 bits per heavy atom. The Bertz CT molecular complexity index is 620. The van der Waals surface area contributed by atoms with Gasteiger partial charge in [0, 0.05) is 18.7 Å². The maximum Gasteiger partial charge on any atom is 0.257 e. The molecule has 0 saturated carbocycles. The number of hydrogen-bond donors (Lipinski definition) is 2. The van der Waals surface area contributed by atoms with Crippen molar-refractivity contribution in [1.82, 2.24) is 15.1 Å². The number of aliphatic hydroxyl groups is 1. The number of nitrogens with one attached hydrogen (secondary N) is 1. The number of halogens is 1. The highest BCUT2D eigenvalue weighted by Crippen LogP contribution is 2.25. The van der Waals surface area contributed by atoms with E-state index in [-0.39, 0.29) is 5.91 Å². The zero-order chi connectivity index (χ0) is 13.4. The summed E-state index contributed by atoms with van der Waals surface area (Å²) in [5.74, 6) is -0.665. The smallest absolute Gasteiger partial charge is 0.257 e. The molecule has 19 heavy (non-hydrogen) atoms. The summed E-state index contributed by atoms with van der Waals surface area (Å²) in [6.07, 6.45) is 0.919. The molecule has 5 nitrogen and oxygen atoms in total. The van der Waals surface area contributed by atoms with Gasteiger partial charge in [0.15, 0.2) is 0 Å². The molecule has 1 saturated heterocycles. The number of carbonyl (C=O) groups excluding carboxylic acids is 1. The van der Waals surface area contributed by atoms with E-state index in [1.54, 1.807) is 18.2 Å². The van der Waals surface area contributed by atoms with Crippen LogP contribution in [0.3, 0.4) is 0 Å². The molecule has 1 aromatic carbocycles. The quantitative estimate of drug-likeness (QED) is 0.848. The second kappa shape index (κ2) is 4.47. The SMILES string of the molecule is O=C(c1cn[nH]c1-c1ccccc1F)N1CC(O)C1. The normalized spacial score (nSPS) is 15.4. The summed E-state index contributed by atoms with van der Waals surface area (Å²) in [5, 5.41) is 15.7. The van der Waals surface area contributed by atoms with Gasteiger partial charge in [-0.1, -0.05) is 12.1 Å². The van der Waals surface area contributed by atoms with Crippen molar-refractivity contribution < 1.29 is 14.3 Å². The van der Waals surface area contributed by atoms with Gasteiger partial charge in [-0.3, -0.25) is 9.89 Å². The molecule has 98 valence electrons. The van der Waals surface area contributed by atoms with Crippen molar-refractivity contribution in [3.05, 3.63) is 41.8 Å². The molecular weight excluding hydrogens is 249 g/mol. The minimum absolute atomic E-state index is 0.252. The third-order valence-corrected chi connectivity index (χ3v) is 3.16. The molecule has 0 spiro atoms. The third kappa shape index (κ3) is 2.00. The largest absolute Gasteiger partial charge is 0.389 e. The summed E-state index contributed by atoms with van der Waals surface area (Å²) in [7, 11) is 0. The van der Waals surface area contributed by atoms with E-state index in [4.69, 9.17) is 0 Å². The molecule has 1 aliphatic heterocycles. The molecule has 6 heteroatoms. The second-order valence-corrected chi connectivity index (χ2v) is 4.50. The van der Waals surface area contributed by atoms with Crippen LogP contribution < -0.4 is 0 Å². The van der Waals surface area contributed by atoms with Gasteiger partial charge < -0.3 is 10.0 Å². The molecule has 0 unspecified atom stereocenters. The molecular formula is C13H12FN3O2. The van der Waals surface area contributed by atoms with Crippen LogP contribution in [0.25, 0.3) is 11.3 Å². The van der Waals surface area contributed by atoms with E-state index >= 15 is 0 Å². The van der Waals surface area contributed by atoms with E-state index in [1.807, 2.05) is 0 Å². The molecule has 0 aliphatic carbocycles. The van der Waals surface area contributed by atoms with Crippen molar-refractivity contribution in [3.63, 3.8) is 0 Å². The number of aromatic nitrogens is 2. The summed E-state index contributed by atoms with van der Waals surface area (Å²) in [4.78, 5) is 13.7.